The molecule has 0 aliphatic rings. The first-order valence-corrected chi connectivity index (χ1v) is 14.2. The highest BCUT2D eigenvalue weighted by molar-refractivity contribution is 5.97. The molecule has 1 atom stereocenters. The summed E-state index contributed by atoms with van der Waals surface area (Å²) >= 11 is 0. The van der Waals surface area contributed by atoms with Gasteiger partial charge in [-0.2, -0.15) is 0 Å². The average Bonchev–Trinajstić information content (AvgIpc) is 2.78. The number of carbonyl (C=O) groups is 1. The molecule has 2 aromatic rings. The van der Waals surface area contributed by atoms with Crippen molar-refractivity contribution in [2.24, 2.45) is 0 Å². The van der Waals surface area contributed by atoms with Crippen molar-refractivity contribution in [1.82, 2.24) is 0 Å². The van der Waals surface area contributed by atoms with E-state index in [0.29, 0.717) is 36.0 Å². The van der Waals surface area contributed by atoms with E-state index < -0.39 is 0 Å². The number of benzene rings is 2. The van der Waals surface area contributed by atoms with E-state index in [0.717, 1.165) is 23.2 Å². The molecule has 0 radical (unpaired) electrons. The number of carbonyl (C=O) groups excluding carboxylic acids is 1. The second kappa shape index (κ2) is 13.3. The van der Waals surface area contributed by atoms with Gasteiger partial charge in [0, 0.05) is 17.8 Å². The van der Waals surface area contributed by atoms with Crippen LogP contribution in [-0.2, 0) is 4.74 Å². The van der Waals surface area contributed by atoms with E-state index in [4.69, 9.17) is 4.74 Å². The monoisotopic (exact) mass is 508 g/mol. The summed E-state index contributed by atoms with van der Waals surface area (Å²) in [6, 6.07) is 9.46. The van der Waals surface area contributed by atoms with Crippen LogP contribution >= 0.6 is 0 Å². The van der Waals surface area contributed by atoms with Crippen LogP contribution in [0.3, 0.4) is 0 Å². The highest BCUT2D eigenvalue weighted by Crippen LogP contribution is 2.37. The molecule has 0 saturated carbocycles. The minimum atomic E-state index is -0.250. The molecule has 4 heteroatoms. The number of hydrogen-bond donors (Lipinski definition) is 2. The van der Waals surface area contributed by atoms with Gasteiger partial charge in [-0.05, 0) is 98.6 Å². The number of rotatable bonds is 12. The SMILES string of the molecule is Cc1cc(C(C)C)cc(C(=O)OCCC(C)c2cc(C(C)C)cc(C(C)C)c2NC(C)C)c1NC(C)C. The molecule has 0 bridgehead atoms. The smallest absolute Gasteiger partial charge is 0.340 e. The number of hydrogen-bond acceptors (Lipinski definition) is 4. The summed E-state index contributed by atoms with van der Waals surface area (Å²) < 4.78 is 5.91. The molecule has 4 nitrogen and oxygen atoms in total. The van der Waals surface area contributed by atoms with E-state index in [1.165, 1.54) is 22.4 Å². The Labute approximate surface area is 227 Å². The second-order valence-corrected chi connectivity index (χ2v) is 12.2. The number of esters is 1. The molecule has 0 saturated heterocycles. The summed E-state index contributed by atoms with van der Waals surface area (Å²) in [5, 5.41) is 7.19. The van der Waals surface area contributed by atoms with Crippen LogP contribution in [0, 0.1) is 6.92 Å². The Morgan fingerprint density at radius 1 is 0.703 bits per heavy atom. The molecule has 0 heterocycles. The molecular formula is C33H52N2O2. The average molecular weight is 509 g/mol. The van der Waals surface area contributed by atoms with Gasteiger partial charge in [-0.1, -0.05) is 66.7 Å². The van der Waals surface area contributed by atoms with Crippen LogP contribution in [0.15, 0.2) is 24.3 Å². The largest absolute Gasteiger partial charge is 0.462 e. The quantitative estimate of drug-likeness (QED) is 0.280. The molecule has 2 rings (SSSR count). The molecule has 0 aromatic heterocycles. The molecular weight excluding hydrogens is 456 g/mol. The summed E-state index contributed by atoms with van der Waals surface area (Å²) in [5.74, 6) is 1.22. The fraction of sp³-hybridized carbons (Fsp3) is 0.606. The Hall–Kier alpha value is -2.49. The van der Waals surface area contributed by atoms with E-state index in [2.05, 4.69) is 112 Å². The highest BCUT2D eigenvalue weighted by Gasteiger charge is 2.22. The lowest BCUT2D eigenvalue weighted by molar-refractivity contribution is 0.0495. The van der Waals surface area contributed by atoms with Gasteiger partial charge in [0.05, 0.1) is 17.9 Å². The van der Waals surface area contributed by atoms with Crippen molar-refractivity contribution in [3.05, 3.63) is 57.6 Å². The molecule has 0 amide bonds. The first-order chi connectivity index (χ1) is 17.2. The maximum absolute atomic E-state index is 13.3. The Bertz CT molecular complexity index is 1050. The van der Waals surface area contributed by atoms with Gasteiger partial charge >= 0.3 is 5.97 Å². The topological polar surface area (TPSA) is 50.4 Å². The molecule has 206 valence electrons. The molecule has 1 unspecified atom stereocenters. The van der Waals surface area contributed by atoms with Crippen LogP contribution in [0.5, 0.6) is 0 Å². The van der Waals surface area contributed by atoms with E-state index >= 15 is 0 Å². The highest BCUT2D eigenvalue weighted by atomic mass is 16.5. The minimum absolute atomic E-state index is 0.227. The summed E-state index contributed by atoms with van der Waals surface area (Å²) in [4.78, 5) is 13.3. The van der Waals surface area contributed by atoms with Gasteiger partial charge in [0.1, 0.15) is 0 Å². The van der Waals surface area contributed by atoms with E-state index in [-0.39, 0.29) is 17.9 Å². The third kappa shape index (κ3) is 8.25. The fourth-order valence-electron chi connectivity index (χ4n) is 4.70. The lowest BCUT2D eigenvalue weighted by Crippen LogP contribution is -2.18. The van der Waals surface area contributed by atoms with Crippen molar-refractivity contribution in [3.8, 4) is 0 Å². The summed E-state index contributed by atoms with van der Waals surface area (Å²) in [7, 11) is 0. The first-order valence-electron chi connectivity index (χ1n) is 14.2. The lowest BCUT2D eigenvalue weighted by Gasteiger charge is -2.26. The fourth-order valence-corrected chi connectivity index (χ4v) is 4.70. The number of nitrogens with one attached hydrogen (secondary N) is 2. The predicted molar refractivity (Wildman–Crippen MR) is 161 cm³/mol. The van der Waals surface area contributed by atoms with Crippen molar-refractivity contribution in [3.63, 3.8) is 0 Å². The Morgan fingerprint density at radius 2 is 1.22 bits per heavy atom. The summed E-state index contributed by atoms with van der Waals surface area (Å²) in [6.07, 6.45) is 0.771. The Morgan fingerprint density at radius 3 is 1.73 bits per heavy atom. The zero-order valence-corrected chi connectivity index (χ0v) is 25.5. The van der Waals surface area contributed by atoms with Gasteiger partial charge in [-0.3, -0.25) is 0 Å². The van der Waals surface area contributed by atoms with Crippen LogP contribution in [0.4, 0.5) is 11.4 Å². The minimum Gasteiger partial charge on any atom is -0.462 e. The van der Waals surface area contributed by atoms with E-state index in [9.17, 15) is 4.79 Å². The molecule has 0 aliphatic heterocycles. The van der Waals surface area contributed by atoms with Crippen LogP contribution < -0.4 is 10.6 Å². The Kier molecular flexibility index (Phi) is 11.1. The van der Waals surface area contributed by atoms with Gasteiger partial charge in [0.15, 0.2) is 0 Å². The molecule has 0 aliphatic carbocycles. The number of aryl methyl sites for hydroxylation is 1. The van der Waals surface area contributed by atoms with Crippen LogP contribution in [0.2, 0.25) is 0 Å². The predicted octanol–water partition coefficient (Wildman–Crippen LogP) is 9.36. The van der Waals surface area contributed by atoms with Crippen LogP contribution in [-0.4, -0.2) is 24.7 Å². The standard InChI is InChI=1S/C33H52N2O2/c1-19(2)26-15-25(12)31(34-22(7)8)30(18-26)33(36)37-14-13-24(11)29-17-27(20(3)4)16-28(21(5)6)32(29)35-23(9)10/h15-24,34-35H,13-14H2,1-12H3. The van der Waals surface area contributed by atoms with Gasteiger partial charge in [0.25, 0.3) is 0 Å². The number of anilines is 2. The molecule has 2 N–H and O–H groups in total. The number of ether oxygens (including phenoxy) is 1. The normalized spacial score (nSPS) is 12.7. The van der Waals surface area contributed by atoms with E-state index in [1.807, 2.05) is 6.07 Å². The van der Waals surface area contributed by atoms with Crippen molar-refractivity contribution in [1.29, 1.82) is 0 Å². The molecule has 0 spiro atoms. The van der Waals surface area contributed by atoms with E-state index in [1.54, 1.807) is 0 Å². The molecule has 2 aromatic carbocycles. The Balaban J connectivity index is 2.31. The zero-order valence-electron chi connectivity index (χ0n) is 25.5. The van der Waals surface area contributed by atoms with Crippen molar-refractivity contribution < 1.29 is 9.53 Å². The summed E-state index contributed by atoms with van der Waals surface area (Å²) in [5.41, 5.74) is 9.05. The van der Waals surface area contributed by atoms with Crippen molar-refractivity contribution in [2.75, 3.05) is 17.2 Å². The molecule has 37 heavy (non-hydrogen) atoms. The van der Waals surface area contributed by atoms with Gasteiger partial charge in [-0.25, -0.2) is 4.79 Å². The van der Waals surface area contributed by atoms with Crippen LogP contribution in [0.1, 0.15) is 144 Å². The van der Waals surface area contributed by atoms with Gasteiger partial charge in [0.2, 0.25) is 0 Å². The molecule has 0 fully saturated rings. The third-order valence-corrected chi connectivity index (χ3v) is 6.94. The zero-order chi connectivity index (χ0) is 28.0. The van der Waals surface area contributed by atoms with Crippen molar-refractivity contribution in [2.45, 2.75) is 125 Å². The van der Waals surface area contributed by atoms with Gasteiger partial charge in [-0.15, -0.1) is 0 Å². The summed E-state index contributed by atoms with van der Waals surface area (Å²) in [6.45, 7) is 26.6. The maximum Gasteiger partial charge on any atom is 0.340 e. The first kappa shape index (κ1) is 30.7. The van der Waals surface area contributed by atoms with Crippen LogP contribution in [0.25, 0.3) is 0 Å². The van der Waals surface area contributed by atoms with Crippen molar-refractivity contribution >= 4 is 17.3 Å². The second-order valence-electron chi connectivity index (χ2n) is 12.2. The lowest BCUT2D eigenvalue weighted by atomic mass is 9.85. The van der Waals surface area contributed by atoms with Gasteiger partial charge < -0.3 is 15.4 Å². The maximum atomic E-state index is 13.3. The third-order valence-electron chi connectivity index (χ3n) is 6.94.